The van der Waals surface area contributed by atoms with Crippen LogP contribution in [0.5, 0.6) is 0 Å². The molecule has 0 saturated carbocycles. The SMILES string of the molecule is NCCc1c(-c2ccccc2)[nH]n(C(N)=O)c1=O. The first-order valence-corrected chi connectivity index (χ1v) is 5.54. The number of primary amides is 1. The van der Waals surface area contributed by atoms with Gasteiger partial charge in [-0.3, -0.25) is 9.89 Å². The van der Waals surface area contributed by atoms with Crippen LogP contribution in [0.3, 0.4) is 0 Å². The Bertz CT molecular complexity index is 613. The highest BCUT2D eigenvalue weighted by molar-refractivity contribution is 5.75. The van der Waals surface area contributed by atoms with Crippen LogP contribution in [0, 0.1) is 0 Å². The van der Waals surface area contributed by atoms with E-state index in [2.05, 4.69) is 5.10 Å². The molecule has 0 spiro atoms. The average Bonchev–Trinajstić information content (AvgIpc) is 2.69. The van der Waals surface area contributed by atoms with E-state index in [-0.39, 0.29) is 0 Å². The van der Waals surface area contributed by atoms with Gasteiger partial charge in [-0.05, 0) is 18.5 Å². The summed E-state index contributed by atoms with van der Waals surface area (Å²) in [6, 6.07) is 8.42. The van der Waals surface area contributed by atoms with Gasteiger partial charge in [0, 0.05) is 5.56 Å². The fourth-order valence-electron chi connectivity index (χ4n) is 1.85. The molecule has 0 aliphatic heterocycles. The molecular weight excluding hydrogens is 232 g/mol. The highest BCUT2D eigenvalue weighted by Crippen LogP contribution is 2.19. The summed E-state index contributed by atoms with van der Waals surface area (Å²) in [5.41, 5.74) is 12.1. The van der Waals surface area contributed by atoms with Gasteiger partial charge in [-0.25, -0.2) is 4.79 Å². The molecule has 2 rings (SSSR count). The molecule has 0 aliphatic carbocycles. The Morgan fingerprint density at radius 3 is 2.50 bits per heavy atom. The number of carbonyl (C=O) groups is 1. The summed E-state index contributed by atoms with van der Waals surface area (Å²) >= 11 is 0. The molecule has 1 aromatic heterocycles. The summed E-state index contributed by atoms with van der Waals surface area (Å²) in [7, 11) is 0. The zero-order valence-corrected chi connectivity index (χ0v) is 9.72. The molecule has 6 heteroatoms. The van der Waals surface area contributed by atoms with E-state index in [4.69, 9.17) is 11.5 Å². The van der Waals surface area contributed by atoms with E-state index >= 15 is 0 Å². The van der Waals surface area contributed by atoms with Gasteiger partial charge in [0.1, 0.15) is 0 Å². The summed E-state index contributed by atoms with van der Waals surface area (Å²) in [6.07, 6.45) is 0.389. The number of nitrogens with zero attached hydrogens (tertiary/aromatic N) is 1. The molecule has 0 radical (unpaired) electrons. The van der Waals surface area contributed by atoms with Gasteiger partial charge < -0.3 is 11.5 Å². The maximum absolute atomic E-state index is 12.0. The van der Waals surface area contributed by atoms with Gasteiger partial charge in [-0.2, -0.15) is 4.68 Å². The van der Waals surface area contributed by atoms with E-state index < -0.39 is 11.6 Å². The lowest BCUT2D eigenvalue weighted by Crippen LogP contribution is -2.31. The molecule has 0 fully saturated rings. The lowest BCUT2D eigenvalue weighted by atomic mass is 10.1. The predicted molar refractivity (Wildman–Crippen MR) is 68.2 cm³/mol. The maximum atomic E-state index is 12.0. The number of benzene rings is 1. The number of nitrogens with two attached hydrogens (primary N) is 2. The third-order valence-corrected chi connectivity index (χ3v) is 2.66. The zero-order valence-electron chi connectivity index (χ0n) is 9.72. The molecule has 2 aromatic rings. The molecule has 0 unspecified atom stereocenters. The molecule has 0 atom stereocenters. The standard InChI is InChI=1S/C12H14N4O2/c13-7-6-9-10(8-4-2-1-3-5-8)15-16(11(9)17)12(14)18/h1-5,15H,6-7,13H2,(H2,14,18). The van der Waals surface area contributed by atoms with Crippen molar-refractivity contribution in [2.75, 3.05) is 6.54 Å². The number of hydrogen-bond acceptors (Lipinski definition) is 3. The largest absolute Gasteiger partial charge is 0.350 e. The molecule has 5 N–H and O–H groups in total. The minimum Gasteiger partial charge on any atom is -0.350 e. The van der Waals surface area contributed by atoms with Crippen molar-refractivity contribution in [1.29, 1.82) is 0 Å². The van der Waals surface area contributed by atoms with Crippen LogP contribution in [0.15, 0.2) is 35.1 Å². The van der Waals surface area contributed by atoms with Crippen molar-refractivity contribution in [3.05, 3.63) is 46.2 Å². The fraction of sp³-hybridized carbons (Fsp3) is 0.167. The molecular formula is C12H14N4O2. The number of H-pyrrole nitrogens is 1. The lowest BCUT2D eigenvalue weighted by Gasteiger charge is -2.00. The van der Waals surface area contributed by atoms with Gasteiger partial charge in [0.2, 0.25) is 0 Å². The van der Waals surface area contributed by atoms with Gasteiger partial charge in [0.25, 0.3) is 5.56 Å². The summed E-state index contributed by atoms with van der Waals surface area (Å²) in [4.78, 5) is 23.1. The Hall–Kier alpha value is -2.34. The highest BCUT2D eigenvalue weighted by Gasteiger charge is 2.16. The van der Waals surface area contributed by atoms with Crippen LogP contribution in [0.1, 0.15) is 5.56 Å². The fourth-order valence-corrected chi connectivity index (χ4v) is 1.85. The van der Waals surface area contributed by atoms with E-state index in [1.54, 1.807) is 0 Å². The van der Waals surface area contributed by atoms with Crippen LogP contribution in [0.2, 0.25) is 0 Å². The van der Waals surface area contributed by atoms with Crippen molar-refractivity contribution < 1.29 is 4.79 Å². The van der Waals surface area contributed by atoms with Gasteiger partial charge in [0.15, 0.2) is 0 Å². The number of rotatable bonds is 3. The Morgan fingerprint density at radius 2 is 1.94 bits per heavy atom. The van der Waals surface area contributed by atoms with Crippen molar-refractivity contribution in [2.24, 2.45) is 11.5 Å². The van der Waals surface area contributed by atoms with E-state index in [1.807, 2.05) is 30.3 Å². The van der Waals surface area contributed by atoms with Crippen molar-refractivity contribution in [1.82, 2.24) is 9.78 Å². The summed E-state index contributed by atoms with van der Waals surface area (Å²) in [5, 5.41) is 2.72. The second-order valence-corrected chi connectivity index (χ2v) is 3.85. The van der Waals surface area contributed by atoms with Gasteiger partial charge in [0.05, 0.1) is 5.69 Å². The van der Waals surface area contributed by atoms with Crippen molar-refractivity contribution in [3.63, 3.8) is 0 Å². The monoisotopic (exact) mass is 246 g/mol. The number of amides is 1. The Balaban J connectivity index is 2.63. The molecule has 94 valence electrons. The molecule has 0 aliphatic rings. The van der Waals surface area contributed by atoms with Crippen LogP contribution in [-0.2, 0) is 6.42 Å². The average molecular weight is 246 g/mol. The highest BCUT2D eigenvalue weighted by atomic mass is 16.2. The summed E-state index contributed by atoms with van der Waals surface area (Å²) in [5.74, 6) is 0. The molecule has 0 bridgehead atoms. The molecule has 1 amide bonds. The maximum Gasteiger partial charge on any atom is 0.341 e. The lowest BCUT2D eigenvalue weighted by molar-refractivity contribution is 0.247. The van der Waals surface area contributed by atoms with Crippen LogP contribution >= 0.6 is 0 Å². The van der Waals surface area contributed by atoms with E-state index in [1.165, 1.54) is 0 Å². The smallest absolute Gasteiger partial charge is 0.341 e. The Kier molecular flexibility index (Phi) is 3.29. The van der Waals surface area contributed by atoms with Crippen LogP contribution in [-0.4, -0.2) is 22.4 Å². The number of aromatic amines is 1. The van der Waals surface area contributed by atoms with Crippen LogP contribution in [0.25, 0.3) is 11.3 Å². The van der Waals surface area contributed by atoms with Gasteiger partial charge >= 0.3 is 6.03 Å². The third-order valence-electron chi connectivity index (χ3n) is 2.66. The zero-order chi connectivity index (χ0) is 13.1. The van der Waals surface area contributed by atoms with Crippen molar-refractivity contribution in [3.8, 4) is 11.3 Å². The van der Waals surface area contributed by atoms with Gasteiger partial charge in [-0.15, -0.1) is 0 Å². The summed E-state index contributed by atoms with van der Waals surface area (Å²) in [6.45, 7) is 0.325. The predicted octanol–water partition coefficient (Wildman–Crippen LogP) is 0.271. The summed E-state index contributed by atoms with van der Waals surface area (Å²) < 4.78 is 0.799. The number of aromatic nitrogens is 2. The van der Waals surface area contributed by atoms with Crippen molar-refractivity contribution in [2.45, 2.75) is 6.42 Å². The first kappa shape index (κ1) is 12.1. The second-order valence-electron chi connectivity index (χ2n) is 3.85. The number of hydrogen-bond donors (Lipinski definition) is 3. The van der Waals surface area contributed by atoms with Crippen LogP contribution < -0.4 is 17.0 Å². The Labute approximate surface area is 103 Å². The molecule has 0 saturated heterocycles. The molecule has 1 heterocycles. The Morgan fingerprint density at radius 1 is 1.28 bits per heavy atom. The minimum absolute atomic E-state index is 0.325. The minimum atomic E-state index is -0.833. The van der Waals surface area contributed by atoms with E-state index in [0.717, 1.165) is 10.2 Å². The van der Waals surface area contributed by atoms with Gasteiger partial charge in [-0.1, -0.05) is 30.3 Å². The normalized spacial score (nSPS) is 10.5. The first-order chi connectivity index (χ1) is 8.65. The van der Waals surface area contributed by atoms with E-state index in [0.29, 0.717) is 24.2 Å². The van der Waals surface area contributed by atoms with E-state index in [9.17, 15) is 9.59 Å². The van der Waals surface area contributed by atoms with Crippen molar-refractivity contribution >= 4 is 6.03 Å². The topological polar surface area (TPSA) is 107 Å². The molecule has 1 aromatic carbocycles. The molecule has 6 nitrogen and oxygen atoms in total. The number of nitrogens with one attached hydrogen (secondary N) is 1. The third kappa shape index (κ3) is 2.05. The second kappa shape index (κ2) is 4.89. The first-order valence-electron chi connectivity index (χ1n) is 5.54. The van der Waals surface area contributed by atoms with Crippen LogP contribution in [0.4, 0.5) is 4.79 Å². The molecule has 18 heavy (non-hydrogen) atoms. The number of carbonyl (C=O) groups excluding carboxylic acids is 1. The quantitative estimate of drug-likeness (QED) is 0.723.